The van der Waals surface area contributed by atoms with Crippen molar-refractivity contribution in [1.82, 2.24) is 5.32 Å². The van der Waals surface area contributed by atoms with Crippen LogP contribution in [0.5, 0.6) is 5.75 Å². The Morgan fingerprint density at radius 3 is 2.59 bits per heavy atom. The van der Waals surface area contributed by atoms with E-state index in [1.165, 1.54) is 9.87 Å². The molecule has 2 aliphatic rings. The van der Waals surface area contributed by atoms with E-state index in [4.69, 9.17) is 4.74 Å². The van der Waals surface area contributed by atoms with Crippen molar-refractivity contribution in [2.24, 2.45) is 0 Å². The molecule has 1 saturated heterocycles. The first kappa shape index (κ1) is 20.6. The second kappa shape index (κ2) is 8.31. The summed E-state index contributed by atoms with van der Waals surface area (Å²) >= 11 is 0. The maximum Gasteiger partial charge on any atom is 0.251 e. The summed E-state index contributed by atoms with van der Waals surface area (Å²) in [5.74, 6) is 0.893. The van der Waals surface area contributed by atoms with Crippen LogP contribution >= 0.6 is 0 Å². The van der Waals surface area contributed by atoms with Crippen LogP contribution in [-0.2, 0) is 23.0 Å². The molecule has 0 aliphatic carbocycles. The number of fused-ring (bicyclic) bond motifs is 1. The molecule has 0 bridgehead atoms. The van der Waals surface area contributed by atoms with Crippen molar-refractivity contribution >= 4 is 21.6 Å². The van der Waals surface area contributed by atoms with Gasteiger partial charge >= 0.3 is 0 Å². The molecule has 2 aliphatic heterocycles. The van der Waals surface area contributed by atoms with Gasteiger partial charge in [-0.2, -0.15) is 0 Å². The zero-order chi connectivity index (χ0) is 22.1. The molecule has 0 saturated carbocycles. The van der Waals surface area contributed by atoms with Gasteiger partial charge in [0.05, 0.1) is 18.0 Å². The number of sulfonamides is 1. The summed E-state index contributed by atoms with van der Waals surface area (Å²) in [6, 6.07) is 21.2. The molecule has 0 aromatic heterocycles. The summed E-state index contributed by atoms with van der Waals surface area (Å²) in [5.41, 5.74) is 5.49. The first-order valence-corrected chi connectivity index (χ1v) is 12.3. The standard InChI is InChI=1S/C25H24N2O4S/c28-25(22-3-1-4-23(16-22)27-12-2-14-32(27,29)30)26-17-18-5-7-19(8-6-18)20-9-10-24-21(15-20)11-13-31-24/h1,3-10,15-16H,2,11-14,17H2,(H,26,28). The SMILES string of the molecule is O=C(NCc1ccc(-c2ccc3c(c2)CCO3)cc1)c1cccc(N2CCCS2(=O)=O)c1. The molecule has 5 rings (SSSR count). The highest BCUT2D eigenvalue weighted by atomic mass is 32.2. The average molecular weight is 449 g/mol. The molecule has 6 nitrogen and oxygen atoms in total. The predicted molar refractivity (Wildman–Crippen MR) is 124 cm³/mol. The molecular formula is C25H24N2O4S. The third-order valence-electron chi connectivity index (χ3n) is 5.93. The lowest BCUT2D eigenvalue weighted by Gasteiger charge is -2.17. The van der Waals surface area contributed by atoms with E-state index in [0.29, 0.717) is 30.8 Å². The minimum atomic E-state index is -3.27. The molecule has 1 N–H and O–H groups in total. The minimum Gasteiger partial charge on any atom is -0.493 e. The lowest BCUT2D eigenvalue weighted by Crippen LogP contribution is -2.26. The van der Waals surface area contributed by atoms with E-state index in [0.717, 1.165) is 35.5 Å². The minimum absolute atomic E-state index is 0.151. The lowest BCUT2D eigenvalue weighted by atomic mass is 10.0. The molecule has 32 heavy (non-hydrogen) atoms. The molecule has 7 heteroatoms. The number of anilines is 1. The topological polar surface area (TPSA) is 75.7 Å². The van der Waals surface area contributed by atoms with Crippen molar-refractivity contribution in [2.45, 2.75) is 19.4 Å². The Balaban J connectivity index is 1.24. The Morgan fingerprint density at radius 1 is 1.00 bits per heavy atom. The Kier molecular flexibility index (Phi) is 5.35. The zero-order valence-corrected chi connectivity index (χ0v) is 18.4. The number of nitrogens with zero attached hydrogens (tertiary/aromatic N) is 1. The van der Waals surface area contributed by atoms with Crippen molar-refractivity contribution < 1.29 is 17.9 Å². The molecule has 164 valence electrons. The van der Waals surface area contributed by atoms with Gasteiger partial charge in [-0.1, -0.05) is 36.4 Å². The molecule has 0 radical (unpaired) electrons. The van der Waals surface area contributed by atoms with Gasteiger partial charge in [-0.15, -0.1) is 0 Å². The van der Waals surface area contributed by atoms with Crippen LogP contribution in [0.4, 0.5) is 5.69 Å². The summed E-state index contributed by atoms with van der Waals surface area (Å²) in [5, 5.41) is 2.92. The molecule has 3 aromatic rings. The van der Waals surface area contributed by atoms with E-state index in [-0.39, 0.29) is 11.7 Å². The van der Waals surface area contributed by atoms with Crippen LogP contribution in [0, 0.1) is 0 Å². The third-order valence-corrected chi connectivity index (χ3v) is 7.79. The van der Waals surface area contributed by atoms with Gasteiger partial charge in [0.2, 0.25) is 10.0 Å². The van der Waals surface area contributed by atoms with Gasteiger partial charge in [-0.3, -0.25) is 9.10 Å². The number of nitrogens with one attached hydrogen (secondary N) is 1. The van der Waals surface area contributed by atoms with Crippen LogP contribution in [0.2, 0.25) is 0 Å². The number of carbonyl (C=O) groups excluding carboxylic acids is 1. The van der Waals surface area contributed by atoms with Crippen molar-refractivity contribution in [3.8, 4) is 16.9 Å². The van der Waals surface area contributed by atoms with Gasteiger partial charge < -0.3 is 10.1 Å². The van der Waals surface area contributed by atoms with E-state index >= 15 is 0 Å². The third kappa shape index (κ3) is 4.08. The zero-order valence-electron chi connectivity index (χ0n) is 17.6. The van der Waals surface area contributed by atoms with Gasteiger partial charge in [0, 0.05) is 25.1 Å². The fourth-order valence-electron chi connectivity index (χ4n) is 4.20. The highest BCUT2D eigenvalue weighted by Gasteiger charge is 2.28. The van der Waals surface area contributed by atoms with Crippen LogP contribution < -0.4 is 14.4 Å². The number of hydrogen-bond donors (Lipinski definition) is 1. The number of carbonyl (C=O) groups is 1. The monoisotopic (exact) mass is 448 g/mol. The predicted octanol–water partition coefficient (Wildman–Crippen LogP) is 3.76. The van der Waals surface area contributed by atoms with Crippen molar-refractivity contribution in [2.75, 3.05) is 23.2 Å². The summed E-state index contributed by atoms with van der Waals surface area (Å²) in [6.07, 6.45) is 1.55. The first-order chi connectivity index (χ1) is 15.5. The van der Waals surface area contributed by atoms with E-state index in [1.807, 2.05) is 18.2 Å². The van der Waals surface area contributed by atoms with Gasteiger partial charge in [0.1, 0.15) is 5.75 Å². The molecule has 0 spiro atoms. The van der Waals surface area contributed by atoms with Crippen molar-refractivity contribution in [3.63, 3.8) is 0 Å². The maximum absolute atomic E-state index is 12.7. The molecule has 1 fully saturated rings. The van der Waals surface area contributed by atoms with Crippen LogP contribution in [0.25, 0.3) is 11.1 Å². The van der Waals surface area contributed by atoms with Crippen LogP contribution in [0.1, 0.15) is 27.9 Å². The molecule has 0 atom stereocenters. The van der Waals surface area contributed by atoms with Gasteiger partial charge in [-0.25, -0.2) is 8.42 Å². The Bertz CT molecular complexity index is 1270. The number of hydrogen-bond acceptors (Lipinski definition) is 4. The Morgan fingerprint density at radius 2 is 1.81 bits per heavy atom. The van der Waals surface area contributed by atoms with Crippen LogP contribution in [0.15, 0.2) is 66.7 Å². The number of rotatable bonds is 5. The van der Waals surface area contributed by atoms with E-state index in [2.05, 4.69) is 29.6 Å². The van der Waals surface area contributed by atoms with E-state index < -0.39 is 10.0 Å². The first-order valence-electron chi connectivity index (χ1n) is 10.7. The molecule has 0 unspecified atom stereocenters. The van der Waals surface area contributed by atoms with Gasteiger partial charge in [0.15, 0.2) is 0 Å². The normalized spacial score (nSPS) is 16.4. The smallest absolute Gasteiger partial charge is 0.251 e. The number of ether oxygens (including phenoxy) is 1. The summed E-state index contributed by atoms with van der Waals surface area (Å²) in [6.45, 7) is 1.59. The fraction of sp³-hybridized carbons (Fsp3) is 0.240. The Labute approximate surface area is 187 Å². The highest BCUT2D eigenvalue weighted by Crippen LogP contribution is 2.30. The number of benzene rings is 3. The van der Waals surface area contributed by atoms with Crippen molar-refractivity contribution in [3.05, 3.63) is 83.4 Å². The van der Waals surface area contributed by atoms with Gasteiger partial charge in [0.25, 0.3) is 5.91 Å². The summed E-state index contributed by atoms with van der Waals surface area (Å²) in [4.78, 5) is 12.7. The summed E-state index contributed by atoms with van der Waals surface area (Å²) in [7, 11) is -3.27. The average Bonchev–Trinajstić information content (AvgIpc) is 3.42. The molecule has 1 amide bonds. The molecule has 2 heterocycles. The van der Waals surface area contributed by atoms with Crippen LogP contribution in [0.3, 0.4) is 0 Å². The van der Waals surface area contributed by atoms with Gasteiger partial charge in [-0.05, 0) is 59.0 Å². The Hall–Kier alpha value is -3.32. The van der Waals surface area contributed by atoms with Crippen LogP contribution in [-0.4, -0.2) is 33.2 Å². The lowest BCUT2D eigenvalue weighted by molar-refractivity contribution is 0.0951. The molecular weight excluding hydrogens is 424 g/mol. The number of amides is 1. The highest BCUT2D eigenvalue weighted by molar-refractivity contribution is 7.93. The second-order valence-electron chi connectivity index (χ2n) is 8.09. The van der Waals surface area contributed by atoms with E-state index in [1.54, 1.807) is 24.3 Å². The second-order valence-corrected chi connectivity index (χ2v) is 10.1. The maximum atomic E-state index is 12.7. The quantitative estimate of drug-likeness (QED) is 0.645. The largest absolute Gasteiger partial charge is 0.493 e. The van der Waals surface area contributed by atoms with E-state index in [9.17, 15) is 13.2 Å². The fourth-order valence-corrected chi connectivity index (χ4v) is 5.75. The van der Waals surface area contributed by atoms with Crippen molar-refractivity contribution in [1.29, 1.82) is 0 Å². The molecule has 3 aromatic carbocycles. The summed E-state index contributed by atoms with van der Waals surface area (Å²) < 4.78 is 31.3.